The summed E-state index contributed by atoms with van der Waals surface area (Å²) in [5.74, 6) is -3.01. The number of aliphatic imine (C=N–C) groups is 1. The van der Waals surface area contributed by atoms with Gasteiger partial charge in [-0.05, 0) is 37.5 Å². The maximum atomic E-state index is 13.4. The molecule has 34 heavy (non-hydrogen) atoms. The van der Waals surface area contributed by atoms with Gasteiger partial charge in [-0.3, -0.25) is 19.4 Å². The van der Waals surface area contributed by atoms with Gasteiger partial charge in [0.2, 0.25) is 17.7 Å². The van der Waals surface area contributed by atoms with Crippen molar-refractivity contribution in [1.82, 2.24) is 15.5 Å². The number of likely N-dealkylation sites (tertiary alicyclic amines) is 1. The molecule has 5 unspecified atom stereocenters. The number of carbonyl (C=O) groups is 4. The number of nitrogens with two attached hydrogens (primary N) is 3. The molecule has 5 atom stereocenters. The SMILES string of the molecule is CCC(C)C(NC(=O)C(N)CCCN=C(N)N)C(=O)N1CCCC1C(=O)NC(C(=O)O)C(C)C. The van der Waals surface area contributed by atoms with Crippen LogP contribution in [0.4, 0.5) is 0 Å². The second-order valence-electron chi connectivity index (χ2n) is 9.19. The minimum Gasteiger partial charge on any atom is -0.480 e. The lowest BCUT2D eigenvalue weighted by atomic mass is 9.96. The summed E-state index contributed by atoms with van der Waals surface area (Å²) in [6.07, 6.45) is 2.49. The van der Waals surface area contributed by atoms with E-state index >= 15 is 0 Å². The highest BCUT2D eigenvalue weighted by Gasteiger charge is 2.40. The van der Waals surface area contributed by atoms with Crippen molar-refractivity contribution in [1.29, 1.82) is 0 Å². The average molecular weight is 484 g/mol. The molecular formula is C22H41N7O5. The summed E-state index contributed by atoms with van der Waals surface area (Å²) in [5, 5.41) is 14.7. The third-order valence-corrected chi connectivity index (χ3v) is 6.15. The van der Waals surface area contributed by atoms with Gasteiger partial charge in [0.15, 0.2) is 5.96 Å². The van der Waals surface area contributed by atoms with Crippen LogP contribution >= 0.6 is 0 Å². The first-order valence-electron chi connectivity index (χ1n) is 11.9. The number of carbonyl (C=O) groups excluding carboxylic acids is 3. The monoisotopic (exact) mass is 483 g/mol. The average Bonchev–Trinajstić information content (AvgIpc) is 3.26. The van der Waals surface area contributed by atoms with Crippen LogP contribution in [0.2, 0.25) is 0 Å². The van der Waals surface area contributed by atoms with Gasteiger partial charge in [0.05, 0.1) is 6.04 Å². The van der Waals surface area contributed by atoms with Crippen molar-refractivity contribution in [2.75, 3.05) is 13.1 Å². The first-order valence-corrected chi connectivity index (χ1v) is 11.9. The fraction of sp³-hybridized carbons (Fsp3) is 0.773. The summed E-state index contributed by atoms with van der Waals surface area (Å²) in [6, 6.07) is -3.53. The molecule has 0 aromatic carbocycles. The molecule has 9 N–H and O–H groups in total. The zero-order chi connectivity index (χ0) is 26.0. The Balaban J connectivity index is 2.90. The first kappa shape index (κ1) is 29.1. The van der Waals surface area contributed by atoms with Gasteiger partial charge in [-0.15, -0.1) is 0 Å². The zero-order valence-electron chi connectivity index (χ0n) is 20.6. The second kappa shape index (κ2) is 13.7. The summed E-state index contributed by atoms with van der Waals surface area (Å²) in [7, 11) is 0. The van der Waals surface area contributed by atoms with Gasteiger partial charge >= 0.3 is 5.97 Å². The molecule has 1 rings (SSSR count). The number of rotatable bonds is 13. The van der Waals surface area contributed by atoms with E-state index in [1.807, 2.05) is 13.8 Å². The number of hydrogen-bond acceptors (Lipinski definition) is 6. The Hall–Kier alpha value is -2.89. The van der Waals surface area contributed by atoms with Gasteiger partial charge in [-0.1, -0.05) is 34.1 Å². The molecule has 1 aliphatic rings. The summed E-state index contributed by atoms with van der Waals surface area (Å²) in [6.45, 7) is 7.84. The van der Waals surface area contributed by atoms with Crippen LogP contribution in [-0.2, 0) is 19.2 Å². The van der Waals surface area contributed by atoms with Crippen molar-refractivity contribution in [3.05, 3.63) is 0 Å². The summed E-state index contributed by atoms with van der Waals surface area (Å²) in [5.41, 5.74) is 16.6. The van der Waals surface area contributed by atoms with Crippen molar-refractivity contribution in [2.24, 2.45) is 34.0 Å². The van der Waals surface area contributed by atoms with Crippen molar-refractivity contribution >= 4 is 29.7 Å². The van der Waals surface area contributed by atoms with Gasteiger partial charge < -0.3 is 37.8 Å². The normalized spacial score (nSPS) is 19.1. The van der Waals surface area contributed by atoms with Crippen LogP contribution in [0.25, 0.3) is 0 Å². The molecule has 1 aliphatic heterocycles. The fourth-order valence-electron chi connectivity index (χ4n) is 3.84. The summed E-state index contributed by atoms with van der Waals surface area (Å²) < 4.78 is 0. The van der Waals surface area contributed by atoms with Gasteiger partial charge in [-0.25, -0.2) is 4.79 Å². The van der Waals surface area contributed by atoms with E-state index < -0.39 is 42.0 Å². The minimum atomic E-state index is -1.13. The molecule has 0 aliphatic carbocycles. The molecule has 12 nitrogen and oxygen atoms in total. The molecule has 0 aromatic heterocycles. The lowest BCUT2D eigenvalue weighted by molar-refractivity contribution is -0.146. The van der Waals surface area contributed by atoms with Crippen LogP contribution in [0.3, 0.4) is 0 Å². The van der Waals surface area contributed by atoms with Crippen LogP contribution in [0.15, 0.2) is 4.99 Å². The molecule has 3 amide bonds. The van der Waals surface area contributed by atoms with Crippen molar-refractivity contribution < 1.29 is 24.3 Å². The highest BCUT2D eigenvalue weighted by molar-refractivity contribution is 5.94. The standard InChI is InChI=1S/C22H41N7O5/c1-5-13(4)17(28-18(30)14(23)8-6-10-26-22(24)25)20(32)29-11-7-9-15(29)19(31)27-16(12(2)3)21(33)34/h12-17H,5-11,23H2,1-4H3,(H,27,31)(H,28,30)(H,33,34)(H4,24,25,26). The fourth-order valence-corrected chi connectivity index (χ4v) is 3.84. The van der Waals surface area contributed by atoms with E-state index in [4.69, 9.17) is 17.2 Å². The molecule has 0 spiro atoms. The Morgan fingerprint density at radius 3 is 2.29 bits per heavy atom. The Morgan fingerprint density at radius 1 is 1.12 bits per heavy atom. The largest absolute Gasteiger partial charge is 0.480 e. The molecule has 0 bridgehead atoms. The highest BCUT2D eigenvalue weighted by atomic mass is 16.4. The van der Waals surface area contributed by atoms with Gasteiger partial charge in [0, 0.05) is 13.1 Å². The van der Waals surface area contributed by atoms with Crippen LogP contribution < -0.4 is 27.8 Å². The molecule has 0 radical (unpaired) electrons. The molecule has 194 valence electrons. The van der Waals surface area contributed by atoms with E-state index in [1.54, 1.807) is 13.8 Å². The van der Waals surface area contributed by atoms with Crippen molar-refractivity contribution in [3.8, 4) is 0 Å². The lowest BCUT2D eigenvalue weighted by Gasteiger charge is -2.32. The van der Waals surface area contributed by atoms with Gasteiger partial charge in [-0.2, -0.15) is 0 Å². The van der Waals surface area contributed by atoms with Gasteiger partial charge in [0.25, 0.3) is 0 Å². The summed E-state index contributed by atoms with van der Waals surface area (Å²) in [4.78, 5) is 55.8. The number of guanidine groups is 1. The van der Waals surface area contributed by atoms with Crippen LogP contribution in [0.1, 0.15) is 59.8 Å². The van der Waals surface area contributed by atoms with Crippen molar-refractivity contribution in [2.45, 2.75) is 84.0 Å². The van der Waals surface area contributed by atoms with Crippen LogP contribution in [0.5, 0.6) is 0 Å². The van der Waals surface area contributed by atoms with Gasteiger partial charge in [0.1, 0.15) is 18.1 Å². The zero-order valence-corrected chi connectivity index (χ0v) is 20.6. The number of nitrogens with one attached hydrogen (secondary N) is 2. The number of carboxylic acid groups (broad SMARTS) is 1. The third-order valence-electron chi connectivity index (χ3n) is 6.15. The second-order valence-corrected chi connectivity index (χ2v) is 9.19. The predicted molar refractivity (Wildman–Crippen MR) is 128 cm³/mol. The molecule has 1 fully saturated rings. The van der Waals surface area contributed by atoms with Crippen molar-refractivity contribution in [3.63, 3.8) is 0 Å². The molecule has 1 heterocycles. The number of hydrogen-bond donors (Lipinski definition) is 6. The lowest BCUT2D eigenvalue weighted by Crippen LogP contribution is -2.58. The third kappa shape index (κ3) is 8.47. The topological polar surface area (TPSA) is 206 Å². The Morgan fingerprint density at radius 2 is 1.76 bits per heavy atom. The summed E-state index contributed by atoms with van der Waals surface area (Å²) >= 11 is 0. The number of amides is 3. The number of carboxylic acids is 1. The van der Waals surface area contributed by atoms with E-state index in [9.17, 15) is 24.3 Å². The number of aliphatic carboxylic acids is 1. The van der Waals surface area contributed by atoms with E-state index in [0.29, 0.717) is 45.2 Å². The van der Waals surface area contributed by atoms with Crippen LogP contribution in [-0.4, -0.2) is 76.9 Å². The molecular weight excluding hydrogens is 442 g/mol. The highest BCUT2D eigenvalue weighted by Crippen LogP contribution is 2.22. The van der Waals surface area contributed by atoms with E-state index in [2.05, 4.69) is 15.6 Å². The Bertz CT molecular complexity index is 754. The smallest absolute Gasteiger partial charge is 0.326 e. The maximum absolute atomic E-state index is 13.4. The molecule has 12 heteroatoms. The Kier molecular flexibility index (Phi) is 11.8. The molecule has 0 aromatic rings. The van der Waals surface area contributed by atoms with E-state index in [-0.39, 0.29) is 23.7 Å². The quantitative estimate of drug-likeness (QED) is 0.110. The minimum absolute atomic E-state index is 0.0345. The van der Waals surface area contributed by atoms with E-state index in [0.717, 1.165) is 0 Å². The molecule has 1 saturated heterocycles. The molecule has 0 saturated carbocycles. The predicted octanol–water partition coefficient (Wildman–Crippen LogP) is -0.885. The first-order chi connectivity index (χ1) is 15.9. The maximum Gasteiger partial charge on any atom is 0.326 e. The van der Waals surface area contributed by atoms with Crippen LogP contribution in [0, 0.1) is 11.8 Å². The number of nitrogens with zero attached hydrogens (tertiary/aromatic N) is 2. The Labute approximate surface area is 201 Å². The van der Waals surface area contributed by atoms with E-state index in [1.165, 1.54) is 4.90 Å².